The zero-order valence-electron chi connectivity index (χ0n) is 11.4. The first-order chi connectivity index (χ1) is 10.2. The minimum atomic E-state index is 0.101. The van der Waals surface area contributed by atoms with Gasteiger partial charge >= 0.3 is 0 Å². The van der Waals surface area contributed by atoms with Gasteiger partial charge in [-0.05, 0) is 31.0 Å². The number of carbonyl (C=O) groups excluding carboxylic acids is 1. The van der Waals surface area contributed by atoms with Crippen molar-refractivity contribution < 1.29 is 4.79 Å². The predicted molar refractivity (Wildman–Crippen MR) is 83.8 cm³/mol. The molecule has 21 heavy (non-hydrogen) atoms. The second kappa shape index (κ2) is 6.41. The first-order valence-corrected chi connectivity index (χ1v) is 7.99. The number of rotatable bonds is 4. The summed E-state index contributed by atoms with van der Waals surface area (Å²) in [5.74, 6) is 0.101. The van der Waals surface area contributed by atoms with Crippen molar-refractivity contribution in [2.75, 3.05) is 18.4 Å². The molecule has 1 saturated heterocycles. The average Bonchev–Trinajstić information content (AvgIpc) is 3.16. The Morgan fingerprint density at radius 2 is 2.19 bits per heavy atom. The maximum absolute atomic E-state index is 12.3. The summed E-state index contributed by atoms with van der Waals surface area (Å²) in [6.07, 6.45) is 2.19. The predicted octanol–water partition coefficient (Wildman–Crippen LogP) is 3.04. The summed E-state index contributed by atoms with van der Waals surface area (Å²) in [6.45, 7) is 2.21. The minimum Gasteiger partial charge on any atom is -0.379 e. The van der Waals surface area contributed by atoms with Gasteiger partial charge in [0, 0.05) is 35.9 Å². The van der Waals surface area contributed by atoms with E-state index in [-0.39, 0.29) is 5.91 Å². The largest absolute Gasteiger partial charge is 0.379 e. The molecular weight excluding hydrogens is 308 g/mol. The Bertz CT molecular complexity index is 639. The molecule has 0 spiro atoms. The van der Waals surface area contributed by atoms with Gasteiger partial charge in [0.15, 0.2) is 0 Å². The molecule has 1 amide bonds. The molecule has 0 atom stereocenters. The zero-order chi connectivity index (χ0) is 14.7. The van der Waals surface area contributed by atoms with Crippen molar-refractivity contribution >= 4 is 34.7 Å². The fourth-order valence-electron chi connectivity index (χ4n) is 2.35. The number of aromatic nitrogens is 2. The van der Waals surface area contributed by atoms with Crippen molar-refractivity contribution in [2.45, 2.75) is 19.4 Å². The van der Waals surface area contributed by atoms with Crippen LogP contribution in [-0.2, 0) is 6.54 Å². The van der Waals surface area contributed by atoms with E-state index >= 15 is 0 Å². The molecule has 0 aliphatic carbocycles. The number of halogens is 1. The standard InChI is InChI=1S/C14H15ClN4OS/c15-13-12(17-18-21-13)9-16-11-5-3-4-10(8-11)14(20)19-6-1-2-7-19/h3-5,8,16H,1-2,6-7,9H2. The number of amides is 1. The zero-order valence-corrected chi connectivity index (χ0v) is 13.0. The van der Waals surface area contributed by atoms with Crippen molar-refractivity contribution in [1.82, 2.24) is 14.5 Å². The molecule has 0 saturated carbocycles. The van der Waals surface area contributed by atoms with E-state index in [9.17, 15) is 4.79 Å². The van der Waals surface area contributed by atoms with Gasteiger partial charge in [-0.15, -0.1) is 5.10 Å². The maximum Gasteiger partial charge on any atom is 0.253 e. The maximum atomic E-state index is 12.3. The van der Waals surface area contributed by atoms with Crippen LogP contribution in [0.5, 0.6) is 0 Å². The van der Waals surface area contributed by atoms with E-state index in [4.69, 9.17) is 11.6 Å². The summed E-state index contributed by atoms with van der Waals surface area (Å²) in [5.41, 5.74) is 2.31. The van der Waals surface area contributed by atoms with E-state index in [1.165, 1.54) is 11.5 Å². The summed E-state index contributed by atoms with van der Waals surface area (Å²) in [6, 6.07) is 7.53. The Labute approximate surface area is 132 Å². The third-order valence-electron chi connectivity index (χ3n) is 3.47. The molecule has 5 nitrogen and oxygen atoms in total. The van der Waals surface area contributed by atoms with Crippen LogP contribution in [0.3, 0.4) is 0 Å². The van der Waals surface area contributed by atoms with Crippen LogP contribution in [0.25, 0.3) is 0 Å². The molecule has 110 valence electrons. The lowest BCUT2D eigenvalue weighted by Crippen LogP contribution is -2.27. The SMILES string of the molecule is O=C(c1cccc(NCc2nnsc2Cl)c1)N1CCCC1. The van der Waals surface area contributed by atoms with E-state index < -0.39 is 0 Å². The normalized spacial score (nSPS) is 14.4. The van der Waals surface area contributed by atoms with Gasteiger partial charge in [0.25, 0.3) is 5.91 Å². The average molecular weight is 323 g/mol. The first-order valence-electron chi connectivity index (χ1n) is 6.84. The van der Waals surface area contributed by atoms with E-state index in [1.54, 1.807) is 0 Å². The molecule has 0 unspecified atom stereocenters. The highest BCUT2D eigenvalue weighted by Gasteiger charge is 2.19. The number of nitrogens with zero attached hydrogens (tertiary/aromatic N) is 3. The van der Waals surface area contributed by atoms with Gasteiger partial charge in [0.1, 0.15) is 10.0 Å². The highest BCUT2D eigenvalue weighted by Crippen LogP contribution is 2.20. The minimum absolute atomic E-state index is 0.101. The quantitative estimate of drug-likeness (QED) is 0.940. The monoisotopic (exact) mass is 322 g/mol. The van der Waals surface area contributed by atoms with Crippen LogP contribution in [0, 0.1) is 0 Å². The molecule has 1 N–H and O–H groups in total. The van der Waals surface area contributed by atoms with Crippen LogP contribution in [0.2, 0.25) is 4.34 Å². The van der Waals surface area contributed by atoms with Crippen LogP contribution >= 0.6 is 23.1 Å². The summed E-state index contributed by atoms with van der Waals surface area (Å²) in [4.78, 5) is 14.2. The van der Waals surface area contributed by atoms with Gasteiger partial charge in [-0.2, -0.15) is 0 Å². The van der Waals surface area contributed by atoms with E-state index in [0.29, 0.717) is 16.4 Å². The fourth-order valence-corrected chi connectivity index (χ4v) is 2.98. The number of nitrogens with one attached hydrogen (secondary N) is 1. The molecule has 2 aromatic rings. The summed E-state index contributed by atoms with van der Waals surface area (Å²) in [7, 11) is 0. The van der Waals surface area contributed by atoms with Gasteiger partial charge < -0.3 is 10.2 Å². The van der Waals surface area contributed by atoms with Crippen LogP contribution < -0.4 is 5.32 Å². The Kier molecular flexibility index (Phi) is 4.36. The molecule has 1 aliphatic rings. The topological polar surface area (TPSA) is 58.1 Å². The first kappa shape index (κ1) is 14.3. The number of carbonyl (C=O) groups is 1. The smallest absolute Gasteiger partial charge is 0.253 e. The fraction of sp³-hybridized carbons (Fsp3) is 0.357. The molecule has 0 bridgehead atoms. The van der Waals surface area contributed by atoms with Gasteiger partial charge in [-0.25, -0.2) is 0 Å². The summed E-state index contributed by atoms with van der Waals surface area (Å²) >= 11 is 7.13. The molecule has 1 aromatic carbocycles. The van der Waals surface area contributed by atoms with E-state index in [2.05, 4.69) is 14.9 Å². The van der Waals surface area contributed by atoms with Gasteiger partial charge in [0.05, 0.1) is 6.54 Å². The molecule has 1 aromatic heterocycles. The van der Waals surface area contributed by atoms with Crippen molar-refractivity contribution in [1.29, 1.82) is 0 Å². The van der Waals surface area contributed by atoms with Crippen LogP contribution in [-0.4, -0.2) is 33.5 Å². The Hall–Kier alpha value is -1.66. The van der Waals surface area contributed by atoms with Crippen molar-refractivity contribution in [3.8, 4) is 0 Å². The number of anilines is 1. The third-order valence-corrected chi connectivity index (χ3v) is 4.46. The molecule has 7 heteroatoms. The molecular formula is C14H15ClN4OS. The molecule has 0 radical (unpaired) electrons. The third kappa shape index (κ3) is 3.33. The highest BCUT2D eigenvalue weighted by atomic mass is 35.5. The van der Waals surface area contributed by atoms with Crippen LogP contribution in [0.4, 0.5) is 5.69 Å². The number of hydrogen-bond acceptors (Lipinski definition) is 5. The van der Waals surface area contributed by atoms with Crippen molar-refractivity contribution in [3.05, 3.63) is 39.9 Å². The van der Waals surface area contributed by atoms with Crippen molar-refractivity contribution in [2.24, 2.45) is 0 Å². The van der Waals surface area contributed by atoms with Crippen molar-refractivity contribution in [3.63, 3.8) is 0 Å². The molecule has 3 rings (SSSR count). The lowest BCUT2D eigenvalue weighted by Gasteiger charge is -2.15. The van der Waals surface area contributed by atoms with Gasteiger partial charge in [-0.1, -0.05) is 22.2 Å². The summed E-state index contributed by atoms with van der Waals surface area (Å²) in [5, 5.41) is 7.17. The number of benzene rings is 1. The van der Waals surface area contributed by atoms with E-state index in [0.717, 1.165) is 37.3 Å². The lowest BCUT2D eigenvalue weighted by atomic mass is 10.1. The Morgan fingerprint density at radius 3 is 2.90 bits per heavy atom. The van der Waals surface area contributed by atoms with Gasteiger partial charge in [-0.3, -0.25) is 4.79 Å². The van der Waals surface area contributed by atoms with Gasteiger partial charge in [0.2, 0.25) is 0 Å². The second-order valence-corrected chi connectivity index (χ2v) is 6.28. The summed E-state index contributed by atoms with van der Waals surface area (Å²) < 4.78 is 4.38. The number of hydrogen-bond donors (Lipinski definition) is 1. The Balaban J connectivity index is 1.68. The number of likely N-dealkylation sites (tertiary alicyclic amines) is 1. The Morgan fingerprint density at radius 1 is 1.38 bits per heavy atom. The van der Waals surface area contributed by atoms with Crippen LogP contribution in [0.15, 0.2) is 24.3 Å². The van der Waals surface area contributed by atoms with E-state index in [1.807, 2.05) is 29.2 Å². The van der Waals surface area contributed by atoms with Crippen LogP contribution in [0.1, 0.15) is 28.9 Å². The molecule has 1 fully saturated rings. The molecule has 1 aliphatic heterocycles. The molecule has 2 heterocycles. The highest BCUT2D eigenvalue weighted by molar-refractivity contribution is 7.10. The lowest BCUT2D eigenvalue weighted by molar-refractivity contribution is 0.0793. The second-order valence-electron chi connectivity index (χ2n) is 4.93.